The maximum Gasteiger partial charge on any atom is 0.170 e. The van der Waals surface area contributed by atoms with E-state index in [1.807, 2.05) is 32.2 Å². The van der Waals surface area contributed by atoms with Crippen molar-refractivity contribution in [3.8, 4) is 5.75 Å². The minimum Gasteiger partial charge on any atom is -0.486 e. The molecule has 21 heavy (non-hydrogen) atoms. The summed E-state index contributed by atoms with van der Waals surface area (Å²) in [6.07, 6.45) is 1.66. The number of anilines is 1. The zero-order chi connectivity index (χ0) is 15.0. The highest BCUT2D eigenvalue weighted by Crippen LogP contribution is 2.22. The lowest BCUT2D eigenvalue weighted by Gasteiger charge is -2.08. The molecular weight excluding hydrogens is 334 g/mol. The van der Waals surface area contributed by atoms with Crippen LogP contribution in [0, 0.1) is 6.92 Å². The van der Waals surface area contributed by atoms with E-state index in [0.717, 1.165) is 21.2 Å². The first kappa shape index (κ1) is 13.8. The molecule has 0 saturated heterocycles. The molecule has 2 heterocycles. The van der Waals surface area contributed by atoms with Gasteiger partial charge in [0.05, 0.1) is 11.6 Å². The number of nitrogens with zero attached hydrogens (tertiary/aromatic N) is 4. The monoisotopic (exact) mass is 347 g/mol. The molecule has 7 heteroatoms. The third-order valence-electron chi connectivity index (χ3n) is 3.17. The Labute approximate surface area is 130 Å². The van der Waals surface area contributed by atoms with Gasteiger partial charge in [-0.2, -0.15) is 5.10 Å². The average molecular weight is 348 g/mol. The quantitative estimate of drug-likeness (QED) is 0.787. The Bertz CT molecular complexity index is 814. The Balaban J connectivity index is 1.84. The fraction of sp³-hybridized carbons (Fsp3) is 0.214. The number of halogens is 1. The normalized spacial score (nSPS) is 11.0. The van der Waals surface area contributed by atoms with E-state index in [-0.39, 0.29) is 6.61 Å². The lowest BCUT2D eigenvalue weighted by atomic mass is 10.2. The SMILES string of the molecule is Cc1cc(OCc2nc(N)c3cnn(C)c3n2)ccc1Br. The molecule has 0 radical (unpaired) electrons. The molecular formula is C14H14BrN5O. The van der Waals surface area contributed by atoms with E-state index < -0.39 is 0 Å². The van der Waals surface area contributed by atoms with Crippen molar-refractivity contribution in [3.05, 3.63) is 40.3 Å². The average Bonchev–Trinajstić information content (AvgIpc) is 2.83. The highest BCUT2D eigenvalue weighted by atomic mass is 79.9. The number of hydrogen-bond acceptors (Lipinski definition) is 5. The second kappa shape index (κ2) is 5.33. The van der Waals surface area contributed by atoms with Gasteiger partial charge in [-0.15, -0.1) is 0 Å². The lowest BCUT2D eigenvalue weighted by Crippen LogP contribution is -2.06. The molecule has 0 aliphatic rings. The van der Waals surface area contributed by atoms with Crippen molar-refractivity contribution in [1.29, 1.82) is 0 Å². The summed E-state index contributed by atoms with van der Waals surface area (Å²) in [7, 11) is 1.82. The zero-order valence-electron chi connectivity index (χ0n) is 11.7. The number of nitrogens with two attached hydrogens (primary N) is 1. The predicted octanol–water partition coefficient (Wildman–Crippen LogP) is 2.60. The van der Waals surface area contributed by atoms with E-state index in [0.29, 0.717) is 17.3 Å². The van der Waals surface area contributed by atoms with Crippen LogP contribution < -0.4 is 10.5 Å². The van der Waals surface area contributed by atoms with Gasteiger partial charge < -0.3 is 10.5 Å². The van der Waals surface area contributed by atoms with Crippen LogP contribution >= 0.6 is 15.9 Å². The fourth-order valence-corrected chi connectivity index (χ4v) is 2.26. The summed E-state index contributed by atoms with van der Waals surface area (Å²) in [6, 6.07) is 5.79. The first-order chi connectivity index (χ1) is 10.0. The molecule has 0 fully saturated rings. The molecule has 0 aliphatic heterocycles. The summed E-state index contributed by atoms with van der Waals surface area (Å²) in [5.74, 6) is 1.71. The molecule has 2 N–H and O–H groups in total. The number of aromatic nitrogens is 4. The van der Waals surface area contributed by atoms with Gasteiger partial charge in [0.2, 0.25) is 0 Å². The van der Waals surface area contributed by atoms with Crippen molar-refractivity contribution in [3.63, 3.8) is 0 Å². The highest BCUT2D eigenvalue weighted by Gasteiger charge is 2.09. The van der Waals surface area contributed by atoms with E-state index in [4.69, 9.17) is 10.5 Å². The molecule has 0 spiro atoms. The van der Waals surface area contributed by atoms with Gasteiger partial charge in [-0.25, -0.2) is 9.97 Å². The summed E-state index contributed by atoms with van der Waals surface area (Å²) in [4.78, 5) is 8.67. The summed E-state index contributed by atoms with van der Waals surface area (Å²) in [5, 5.41) is 4.88. The predicted molar refractivity (Wildman–Crippen MR) is 83.9 cm³/mol. The molecule has 0 bridgehead atoms. The van der Waals surface area contributed by atoms with Crippen LogP contribution in [0.3, 0.4) is 0 Å². The highest BCUT2D eigenvalue weighted by molar-refractivity contribution is 9.10. The van der Waals surface area contributed by atoms with E-state index in [9.17, 15) is 0 Å². The van der Waals surface area contributed by atoms with Crippen molar-refractivity contribution in [2.45, 2.75) is 13.5 Å². The van der Waals surface area contributed by atoms with Crippen molar-refractivity contribution in [2.24, 2.45) is 7.05 Å². The van der Waals surface area contributed by atoms with E-state index in [2.05, 4.69) is 31.0 Å². The van der Waals surface area contributed by atoms with Crippen molar-refractivity contribution in [2.75, 3.05) is 5.73 Å². The van der Waals surface area contributed by atoms with Crippen LogP contribution in [0.5, 0.6) is 5.75 Å². The lowest BCUT2D eigenvalue weighted by molar-refractivity contribution is 0.296. The molecule has 0 aliphatic carbocycles. The Morgan fingerprint density at radius 1 is 1.33 bits per heavy atom. The van der Waals surface area contributed by atoms with E-state index >= 15 is 0 Å². The molecule has 0 amide bonds. The number of hydrogen-bond donors (Lipinski definition) is 1. The zero-order valence-corrected chi connectivity index (χ0v) is 13.3. The summed E-state index contributed by atoms with van der Waals surface area (Å²) in [5.41, 5.74) is 7.73. The van der Waals surface area contributed by atoms with Gasteiger partial charge in [0.1, 0.15) is 18.2 Å². The number of ether oxygens (including phenoxy) is 1. The molecule has 0 atom stereocenters. The molecule has 6 nitrogen and oxygen atoms in total. The van der Waals surface area contributed by atoms with E-state index in [1.54, 1.807) is 10.9 Å². The second-order valence-corrected chi connectivity index (χ2v) is 5.58. The van der Waals surface area contributed by atoms with Gasteiger partial charge in [0, 0.05) is 11.5 Å². The van der Waals surface area contributed by atoms with E-state index in [1.165, 1.54) is 0 Å². The molecule has 2 aromatic heterocycles. The molecule has 0 saturated carbocycles. The fourth-order valence-electron chi connectivity index (χ4n) is 2.01. The van der Waals surface area contributed by atoms with Gasteiger partial charge >= 0.3 is 0 Å². The maximum absolute atomic E-state index is 5.92. The van der Waals surface area contributed by atoms with Gasteiger partial charge in [0.25, 0.3) is 0 Å². The van der Waals surface area contributed by atoms with Crippen molar-refractivity contribution in [1.82, 2.24) is 19.7 Å². The van der Waals surface area contributed by atoms with Crippen LogP contribution in [-0.2, 0) is 13.7 Å². The van der Waals surface area contributed by atoms with Gasteiger partial charge in [-0.05, 0) is 30.7 Å². The largest absolute Gasteiger partial charge is 0.486 e. The third-order valence-corrected chi connectivity index (χ3v) is 4.05. The summed E-state index contributed by atoms with van der Waals surface area (Å²) < 4.78 is 8.43. The van der Waals surface area contributed by atoms with Crippen LogP contribution in [0.25, 0.3) is 11.0 Å². The molecule has 108 valence electrons. The Morgan fingerprint density at radius 2 is 2.14 bits per heavy atom. The van der Waals surface area contributed by atoms with Crippen LogP contribution in [0.15, 0.2) is 28.9 Å². The number of fused-ring (bicyclic) bond motifs is 1. The molecule has 0 unspecified atom stereocenters. The smallest absolute Gasteiger partial charge is 0.170 e. The number of benzene rings is 1. The minimum absolute atomic E-state index is 0.256. The van der Waals surface area contributed by atoms with Crippen LogP contribution in [0.1, 0.15) is 11.4 Å². The van der Waals surface area contributed by atoms with Gasteiger partial charge in [-0.1, -0.05) is 15.9 Å². The number of aryl methyl sites for hydroxylation is 2. The standard InChI is InChI=1S/C14H14BrN5O/c1-8-5-9(3-4-11(8)15)21-7-12-18-13(16)10-6-17-20(2)14(10)19-12/h3-6H,7H2,1-2H3,(H2,16,18,19). The first-order valence-electron chi connectivity index (χ1n) is 6.37. The Morgan fingerprint density at radius 3 is 2.90 bits per heavy atom. The Hall–Kier alpha value is -2.15. The second-order valence-electron chi connectivity index (χ2n) is 4.73. The van der Waals surface area contributed by atoms with Crippen LogP contribution in [0.4, 0.5) is 5.82 Å². The topological polar surface area (TPSA) is 78.9 Å². The number of rotatable bonds is 3. The van der Waals surface area contributed by atoms with Crippen LogP contribution in [-0.4, -0.2) is 19.7 Å². The summed E-state index contributed by atoms with van der Waals surface area (Å²) in [6.45, 7) is 2.26. The van der Waals surface area contributed by atoms with Gasteiger partial charge in [0.15, 0.2) is 11.5 Å². The minimum atomic E-state index is 0.256. The summed E-state index contributed by atoms with van der Waals surface area (Å²) >= 11 is 3.46. The number of nitrogen functional groups attached to an aromatic ring is 1. The Kier molecular flexibility index (Phi) is 3.50. The molecule has 1 aromatic carbocycles. The third kappa shape index (κ3) is 2.69. The molecule has 3 rings (SSSR count). The van der Waals surface area contributed by atoms with Gasteiger partial charge in [-0.3, -0.25) is 4.68 Å². The van der Waals surface area contributed by atoms with Crippen molar-refractivity contribution < 1.29 is 4.74 Å². The molecule has 3 aromatic rings. The van der Waals surface area contributed by atoms with Crippen molar-refractivity contribution >= 4 is 32.8 Å². The maximum atomic E-state index is 5.92. The first-order valence-corrected chi connectivity index (χ1v) is 7.17. The van der Waals surface area contributed by atoms with Crippen LogP contribution in [0.2, 0.25) is 0 Å².